The highest BCUT2D eigenvalue weighted by molar-refractivity contribution is 6.23. The van der Waals surface area contributed by atoms with Crippen LogP contribution in [0.3, 0.4) is 0 Å². The number of Topliss-reactive ketones (excluding diaryl/α,β-unsaturated/α-hetero) is 1. The van der Waals surface area contributed by atoms with Crippen LogP contribution in [-0.2, 0) is 24.0 Å². The number of nitrogens with zero attached hydrogens (tertiary/aromatic N) is 1. The minimum absolute atomic E-state index is 0.0314. The number of benzene rings is 1. The van der Waals surface area contributed by atoms with Gasteiger partial charge in [0, 0.05) is 53.3 Å². The zero-order valence-corrected chi connectivity index (χ0v) is 23.3. The van der Waals surface area contributed by atoms with Crippen LogP contribution in [0.1, 0.15) is 56.9 Å². The van der Waals surface area contributed by atoms with Gasteiger partial charge in [-0.1, -0.05) is 18.1 Å². The summed E-state index contributed by atoms with van der Waals surface area (Å²) in [7, 11) is 2.89. The SMILES string of the molecule is COc1cc(O)c(C2C3=CCC4C(=O)N(CCCCCC(=O)O)C(=O)C4C3CC3=C2C(=O)C=C(C)C3=O)c(OC)c1. The highest BCUT2D eigenvalue weighted by Crippen LogP contribution is 2.57. The summed E-state index contributed by atoms with van der Waals surface area (Å²) in [6.45, 7) is 1.78. The van der Waals surface area contributed by atoms with Crippen LogP contribution in [-0.4, -0.2) is 65.2 Å². The minimum atomic E-state index is -0.885. The summed E-state index contributed by atoms with van der Waals surface area (Å²) in [6.07, 6.45) is 5.18. The van der Waals surface area contributed by atoms with Crippen molar-refractivity contribution < 1.29 is 43.7 Å². The number of carbonyl (C=O) groups excluding carboxylic acids is 4. The van der Waals surface area contributed by atoms with Crippen LogP contribution in [0.2, 0.25) is 0 Å². The zero-order valence-electron chi connectivity index (χ0n) is 23.3. The van der Waals surface area contributed by atoms with E-state index in [1.165, 1.54) is 31.3 Å². The fourth-order valence-electron chi connectivity index (χ4n) is 6.89. The van der Waals surface area contributed by atoms with Crippen molar-refractivity contribution in [2.75, 3.05) is 20.8 Å². The number of imide groups is 1. The number of carboxylic acid groups (broad SMARTS) is 1. The number of unbranched alkanes of at least 4 members (excludes halogenated alkanes) is 2. The summed E-state index contributed by atoms with van der Waals surface area (Å²) in [5.41, 5.74) is 1.87. The second kappa shape index (κ2) is 11.0. The number of allylic oxidation sites excluding steroid dienone is 6. The third-order valence-corrected chi connectivity index (χ3v) is 8.76. The highest BCUT2D eigenvalue weighted by atomic mass is 16.5. The lowest BCUT2D eigenvalue weighted by Crippen LogP contribution is -2.40. The van der Waals surface area contributed by atoms with Gasteiger partial charge in [0.05, 0.1) is 26.1 Å². The Morgan fingerprint density at radius 1 is 1.02 bits per heavy atom. The van der Waals surface area contributed by atoms with Crippen LogP contribution in [0, 0.1) is 17.8 Å². The predicted molar refractivity (Wildman–Crippen MR) is 145 cm³/mol. The summed E-state index contributed by atoms with van der Waals surface area (Å²) >= 11 is 0. The molecule has 0 bridgehead atoms. The summed E-state index contributed by atoms with van der Waals surface area (Å²) in [6, 6.07) is 3.01. The van der Waals surface area contributed by atoms with Crippen molar-refractivity contribution in [2.24, 2.45) is 17.8 Å². The van der Waals surface area contributed by atoms with Gasteiger partial charge in [-0.15, -0.1) is 0 Å². The number of fused-ring (bicyclic) bond motifs is 3. The molecule has 1 aliphatic heterocycles. The highest BCUT2D eigenvalue weighted by Gasteiger charge is 2.56. The summed E-state index contributed by atoms with van der Waals surface area (Å²) < 4.78 is 10.9. The Balaban J connectivity index is 1.55. The van der Waals surface area contributed by atoms with E-state index in [2.05, 4.69) is 0 Å². The van der Waals surface area contributed by atoms with Crippen LogP contribution in [0.5, 0.6) is 17.2 Å². The lowest BCUT2D eigenvalue weighted by Gasteiger charge is -2.42. The molecule has 0 saturated carbocycles. The number of ketones is 2. The van der Waals surface area contributed by atoms with Crippen molar-refractivity contribution in [3.63, 3.8) is 0 Å². The van der Waals surface area contributed by atoms with Gasteiger partial charge in [-0.2, -0.15) is 0 Å². The Kier molecular flexibility index (Phi) is 7.59. The number of carboxylic acids is 1. The van der Waals surface area contributed by atoms with E-state index in [0.717, 1.165) is 0 Å². The number of hydrogen-bond donors (Lipinski definition) is 2. The molecule has 216 valence electrons. The number of aliphatic carboxylic acids is 1. The Morgan fingerprint density at radius 2 is 1.78 bits per heavy atom. The second-order valence-electron chi connectivity index (χ2n) is 11.0. The molecule has 1 saturated heterocycles. The maximum atomic E-state index is 13.8. The van der Waals surface area contributed by atoms with E-state index in [9.17, 15) is 29.1 Å². The van der Waals surface area contributed by atoms with Crippen molar-refractivity contribution in [1.29, 1.82) is 0 Å². The molecule has 2 amide bonds. The van der Waals surface area contributed by atoms with E-state index < -0.39 is 29.6 Å². The molecule has 1 aromatic rings. The fourth-order valence-corrected chi connectivity index (χ4v) is 6.89. The standard InChI is InChI=1S/C31H33NO9/c1-15-11-21(33)26-20(29(15)37)14-19-17(27(26)28-22(34)12-16(40-2)13-23(28)41-3)8-9-18-25(19)31(39)32(30(18)38)10-6-4-5-7-24(35)36/h8,11-13,18-19,25,27,34H,4-7,9-10,14H2,1-3H3,(H,35,36). The number of likely N-dealkylation sites (tertiary alicyclic amines) is 1. The average Bonchev–Trinajstić information content (AvgIpc) is 3.19. The topological polar surface area (TPSA) is 148 Å². The molecule has 0 aromatic heterocycles. The Morgan fingerprint density at radius 3 is 2.46 bits per heavy atom. The maximum absolute atomic E-state index is 13.8. The van der Waals surface area contributed by atoms with Gasteiger partial charge in [0.25, 0.3) is 0 Å². The normalized spacial score (nSPS) is 25.4. The number of methoxy groups -OCH3 is 2. The van der Waals surface area contributed by atoms with E-state index in [0.29, 0.717) is 47.3 Å². The fraction of sp³-hybridized carbons (Fsp3) is 0.452. The second-order valence-corrected chi connectivity index (χ2v) is 11.0. The number of carbonyl (C=O) groups is 5. The molecule has 5 rings (SSSR count). The molecule has 1 aromatic carbocycles. The van der Waals surface area contributed by atoms with Gasteiger partial charge in [-0.05, 0) is 44.6 Å². The van der Waals surface area contributed by atoms with E-state index in [4.69, 9.17) is 14.6 Å². The van der Waals surface area contributed by atoms with E-state index in [-0.39, 0.29) is 66.3 Å². The van der Waals surface area contributed by atoms with Crippen molar-refractivity contribution in [2.45, 2.75) is 51.4 Å². The average molecular weight is 564 g/mol. The van der Waals surface area contributed by atoms with E-state index in [1.807, 2.05) is 6.08 Å². The molecule has 0 spiro atoms. The number of rotatable bonds is 9. The third kappa shape index (κ3) is 4.75. The molecule has 10 nitrogen and oxygen atoms in total. The Labute approximate surface area is 237 Å². The lowest BCUT2D eigenvalue weighted by atomic mass is 9.59. The molecule has 1 heterocycles. The van der Waals surface area contributed by atoms with Gasteiger partial charge in [0.1, 0.15) is 17.2 Å². The molecule has 4 aliphatic rings. The van der Waals surface area contributed by atoms with E-state index in [1.54, 1.807) is 13.0 Å². The van der Waals surface area contributed by atoms with Crippen LogP contribution in [0.15, 0.2) is 46.6 Å². The first-order chi connectivity index (χ1) is 19.6. The third-order valence-electron chi connectivity index (χ3n) is 8.76. The summed E-state index contributed by atoms with van der Waals surface area (Å²) in [4.78, 5) is 66.1. The molecule has 4 unspecified atom stereocenters. The van der Waals surface area contributed by atoms with Crippen molar-refractivity contribution >= 4 is 29.4 Å². The predicted octanol–water partition coefficient (Wildman–Crippen LogP) is 3.48. The van der Waals surface area contributed by atoms with Gasteiger partial charge >= 0.3 is 5.97 Å². The molecule has 10 heteroatoms. The minimum Gasteiger partial charge on any atom is -0.507 e. The molecule has 1 fully saturated rings. The van der Waals surface area contributed by atoms with Crippen LogP contribution in [0.4, 0.5) is 0 Å². The van der Waals surface area contributed by atoms with Crippen LogP contribution >= 0.6 is 0 Å². The Bertz CT molecular complexity index is 1450. The summed E-state index contributed by atoms with van der Waals surface area (Å²) in [5.74, 6) is -4.32. The number of ether oxygens (including phenoxy) is 2. The maximum Gasteiger partial charge on any atom is 0.303 e. The molecule has 41 heavy (non-hydrogen) atoms. The van der Waals surface area contributed by atoms with Crippen molar-refractivity contribution in [1.82, 2.24) is 4.90 Å². The van der Waals surface area contributed by atoms with Crippen molar-refractivity contribution in [3.05, 3.63) is 52.1 Å². The molecular formula is C31H33NO9. The van der Waals surface area contributed by atoms with Gasteiger partial charge in [0.15, 0.2) is 11.6 Å². The quantitative estimate of drug-likeness (QED) is 0.199. The molecule has 0 radical (unpaired) electrons. The van der Waals surface area contributed by atoms with Gasteiger partial charge in [-0.25, -0.2) is 0 Å². The molecule has 2 N–H and O–H groups in total. The van der Waals surface area contributed by atoms with Gasteiger partial charge < -0.3 is 19.7 Å². The zero-order chi connectivity index (χ0) is 29.6. The van der Waals surface area contributed by atoms with Crippen LogP contribution < -0.4 is 9.47 Å². The number of phenolic OH excluding ortho intramolecular Hbond substituents is 1. The number of phenols is 1. The smallest absolute Gasteiger partial charge is 0.303 e. The summed E-state index contributed by atoms with van der Waals surface area (Å²) in [5, 5.41) is 20.0. The van der Waals surface area contributed by atoms with Crippen LogP contribution in [0.25, 0.3) is 0 Å². The first-order valence-electron chi connectivity index (χ1n) is 13.8. The monoisotopic (exact) mass is 563 g/mol. The number of aromatic hydroxyl groups is 1. The first kappa shape index (κ1) is 28.3. The molecule has 3 aliphatic carbocycles. The first-order valence-corrected chi connectivity index (χ1v) is 13.8. The van der Waals surface area contributed by atoms with Gasteiger partial charge in [-0.3, -0.25) is 28.9 Å². The number of amides is 2. The largest absolute Gasteiger partial charge is 0.507 e. The molecular weight excluding hydrogens is 530 g/mol. The van der Waals surface area contributed by atoms with Crippen molar-refractivity contribution in [3.8, 4) is 17.2 Å². The Hall–Kier alpha value is -4.21. The van der Waals surface area contributed by atoms with E-state index >= 15 is 0 Å². The number of hydrogen-bond acceptors (Lipinski definition) is 8. The lowest BCUT2D eigenvalue weighted by molar-refractivity contribution is -0.141. The molecule has 4 atom stereocenters. The van der Waals surface area contributed by atoms with Gasteiger partial charge in [0.2, 0.25) is 11.8 Å².